The summed E-state index contributed by atoms with van der Waals surface area (Å²) in [5.74, 6) is 0. The molecule has 0 atom stereocenters. The molecule has 1 heterocycles. The van der Waals surface area contributed by atoms with Gasteiger partial charge in [0.05, 0.1) is 11.4 Å². The van der Waals surface area contributed by atoms with Gasteiger partial charge in [0.15, 0.2) is 0 Å². The van der Waals surface area contributed by atoms with E-state index < -0.39 is 0 Å². The van der Waals surface area contributed by atoms with Crippen LogP contribution in [-0.4, -0.2) is 4.98 Å². The van der Waals surface area contributed by atoms with Crippen LogP contribution in [0.2, 0.25) is 0 Å². The number of fused-ring (bicyclic) bond motifs is 6. The third-order valence-electron chi connectivity index (χ3n) is 10.6. The Kier molecular flexibility index (Phi) is 7.89. The zero-order valence-electron chi connectivity index (χ0n) is 29.7. The van der Waals surface area contributed by atoms with Crippen molar-refractivity contribution in [2.45, 2.75) is 0 Å². The topological polar surface area (TPSA) is 12.9 Å². The highest BCUT2D eigenvalue weighted by Crippen LogP contribution is 2.38. The first-order chi connectivity index (χ1) is 26.7. The van der Waals surface area contributed by atoms with Crippen LogP contribution in [-0.2, 0) is 0 Å². The molecule has 1 nitrogen and oxygen atoms in total. The highest BCUT2D eigenvalue weighted by atomic mass is 14.7. The van der Waals surface area contributed by atoms with Crippen LogP contribution in [0.1, 0.15) is 0 Å². The van der Waals surface area contributed by atoms with Crippen LogP contribution >= 0.6 is 0 Å². The predicted molar refractivity (Wildman–Crippen MR) is 229 cm³/mol. The Morgan fingerprint density at radius 2 is 0.500 bits per heavy atom. The van der Waals surface area contributed by atoms with Gasteiger partial charge in [-0.05, 0) is 113 Å². The van der Waals surface area contributed by atoms with Gasteiger partial charge in [0, 0.05) is 11.1 Å². The summed E-state index contributed by atoms with van der Waals surface area (Å²) in [4.78, 5) is 5.09. The van der Waals surface area contributed by atoms with E-state index in [1.54, 1.807) is 0 Å². The molecule has 0 saturated carbocycles. The first-order valence-corrected chi connectivity index (χ1v) is 18.5. The van der Waals surface area contributed by atoms with E-state index in [0.29, 0.717) is 0 Å². The SMILES string of the molecule is c1ccc(-c2cc(-c3cccc(-c4cccc(-c5cccc(-c6ccc7c8ccccc8c8ccccc8c7c6)c5)c4)c3)cc(-c3ccccc3)n2)cc1. The van der Waals surface area contributed by atoms with Gasteiger partial charge in [-0.25, -0.2) is 4.98 Å². The van der Waals surface area contributed by atoms with Gasteiger partial charge in [-0.2, -0.15) is 0 Å². The van der Waals surface area contributed by atoms with Gasteiger partial charge >= 0.3 is 0 Å². The van der Waals surface area contributed by atoms with E-state index in [2.05, 4.69) is 200 Å². The molecule has 0 N–H and O–H groups in total. The molecular weight excluding hydrogens is 651 g/mol. The molecule has 1 aromatic heterocycles. The molecule has 9 aromatic carbocycles. The smallest absolute Gasteiger partial charge is 0.0715 e. The second-order valence-corrected chi connectivity index (χ2v) is 14.0. The van der Waals surface area contributed by atoms with Gasteiger partial charge in [0.25, 0.3) is 0 Å². The molecule has 0 aliphatic heterocycles. The summed E-state index contributed by atoms with van der Waals surface area (Å²) in [6.07, 6.45) is 0. The largest absolute Gasteiger partial charge is 0.248 e. The molecular formula is C53H35N. The predicted octanol–water partition coefficient (Wildman–Crippen LogP) is 14.5. The number of benzene rings is 9. The summed E-state index contributed by atoms with van der Waals surface area (Å²) in [6.45, 7) is 0. The van der Waals surface area contributed by atoms with Crippen molar-refractivity contribution in [2.24, 2.45) is 0 Å². The highest BCUT2D eigenvalue weighted by molar-refractivity contribution is 6.25. The maximum Gasteiger partial charge on any atom is 0.0715 e. The Balaban J connectivity index is 1.02. The van der Waals surface area contributed by atoms with E-state index in [0.717, 1.165) is 33.6 Å². The third-order valence-corrected chi connectivity index (χ3v) is 10.6. The first kappa shape index (κ1) is 31.6. The van der Waals surface area contributed by atoms with Crippen molar-refractivity contribution in [1.82, 2.24) is 4.98 Å². The fourth-order valence-electron chi connectivity index (χ4n) is 7.93. The zero-order chi connectivity index (χ0) is 35.8. The normalized spacial score (nSPS) is 11.3. The Labute approximate surface area is 315 Å². The summed E-state index contributed by atoms with van der Waals surface area (Å²) in [6, 6.07) is 76.5. The monoisotopic (exact) mass is 685 g/mol. The van der Waals surface area contributed by atoms with Crippen molar-refractivity contribution in [3.8, 4) is 67.0 Å². The molecule has 0 bridgehead atoms. The number of aromatic nitrogens is 1. The fourth-order valence-corrected chi connectivity index (χ4v) is 7.93. The number of pyridine rings is 1. The average molecular weight is 686 g/mol. The Hall–Kier alpha value is -7.09. The van der Waals surface area contributed by atoms with Gasteiger partial charge in [-0.15, -0.1) is 0 Å². The van der Waals surface area contributed by atoms with Gasteiger partial charge < -0.3 is 0 Å². The van der Waals surface area contributed by atoms with Crippen molar-refractivity contribution in [2.75, 3.05) is 0 Å². The molecule has 0 saturated heterocycles. The van der Waals surface area contributed by atoms with Gasteiger partial charge in [0.1, 0.15) is 0 Å². The summed E-state index contributed by atoms with van der Waals surface area (Å²) in [5.41, 5.74) is 13.6. The molecule has 0 radical (unpaired) electrons. The van der Waals surface area contributed by atoms with Crippen molar-refractivity contribution >= 4 is 32.3 Å². The lowest BCUT2D eigenvalue weighted by Crippen LogP contribution is -1.91. The van der Waals surface area contributed by atoms with Crippen LogP contribution in [0.5, 0.6) is 0 Å². The standard InChI is InChI=1S/C53H35N/c1-3-14-36(15-4-1)52-34-45(35-53(54-52)37-16-5-2-6-17-37)43-23-13-21-41(32-43)39-19-11-18-38(30-39)40-20-12-22-42(31-40)44-28-29-50-48-26-8-7-24-46(48)47-25-9-10-27-49(47)51(50)33-44/h1-35H. The molecule has 10 aromatic rings. The van der Waals surface area contributed by atoms with E-state index >= 15 is 0 Å². The molecule has 0 amide bonds. The highest BCUT2D eigenvalue weighted by Gasteiger charge is 2.12. The molecule has 1 heteroatoms. The van der Waals surface area contributed by atoms with E-state index in [1.807, 2.05) is 12.1 Å². The Morgan fingerprint density at radius 1 is 0.185 bits per heavy atom. The second kappa shape index (κ2) is 13.5. The first-order valence-electron chi connectivity index (χ1n) is 18.5. The van der Waals surface area contributed by atoms with Crippen molar-refractivity contribution in [3.05, 3.63) is 212 Å². The lowest BCUT2D eigenvalue weighted by Gasteiger charge is -2.13. The summed E-state index contributed by atoms with van der Waals surface area (Å²) in [5, 5.41) is 7.76. The molecule has 0 fully saturated rings. The van der Waals surface area contributed by atoms with Gasteiger partial charge in [-0.3, -0.25) is 0 Å². The number of nitrogens with zero attached hydrogens (tertiary/aromatic N) is 1. The van der Waals surface area contributed by atoms with Crippen LogP contribution in [0.4, 0.5) is 0 Å². The molecule has 54 heavy (non-hydrogen) atoms. The number of hydrogen-bond donors (Lipinski definition) is 0. The summed E-state index contributed by atoms with van der Waals surface area (Å²) >= 11 is 0. The van der Waals surface area contributed by atoms with Crippen LogP contribution < -0.4 is 0 Å². The zero-order valence-corrected chi connectivity index (χ0v) is 29.7. The minimum Gasteiger partial charge on any atom is -0.248 e. The van der Waals surface area contributed by atoms with E-state index in [9.17, 15) is 0 Å². The third kappa shape index (κ3) is 5.83. The Bertz CT molecular complexity index is 2890. The van der Waals surface area contributed by atoms with Crippen LogP contribution in [0.3, 0.4) is 0 Å². The maximum absolute atomic E-state index is 5.09. The number of hydrogen-bond acceptors (Lipinski definition) is 1. The van der Waals surface area contributed by atoms with Crippen molar-refractivity contribution in [1.29, 1.82) is 0 Å². The minimum atomic E-state index is 0.965. The van der Waals surface area contributed by atoms with Crippen molar-refractivity contribution < 1.29 is 0 Å². The number of rotatable bonds is 6. The second-order valence-electron chi connectivity index (χ2n) is 14.0. The van der Waals surface area contributed by atoms with E-state index in [-0.39, 0.29) is 0 Å². The van der Waals surface area contributed by atoms with Crippen LogP contribution in [0.25, 0.3) is 99.3 Å². The van der Waals surface area contributed by atoms with Crippen LogP contribution in [0, 0.1) is 0 Å². The van der Waals surface area contributed by atoms with Gasteiger partial charge in [0.2, 0.25) is 0 Å². The lowest BCUT2D eigenvalue weighted by atomic mass is 9.91. The molecule has 0 aliphatic carbocycles. The molecule has 0 spiro atoms. The quantitative estimate of drug-likeness (QED) is 0.159. The van der Waals surface area contributed by atoms with E-state index in [1.165, 1.54) is 65.7 Å². The average Bonchev–Trinajstić information content (AvgIpc) is 3.27. The summed E-state index contributed by atoms with van der Waals surface area (Å²) < 4.78 is 0. The lowest BCUT2D eigenvalue weighted by molar-refractivity contribution is 1.32. The van der Waals surface area contributed by atoms with E-state index in [4.69, 9.17) is 4.98 Å². The summed E-state index contributed by atoms with van der Waals surface area (Å²) in [7, 11) is 0. The fraction of sp³-hybridized carbons (Fsp3) is 0. The maximum atomic E-state index is 5.09. The molecule has 10 rings (SSSR count). The molecule has 0 aliphatic rings. The van der Waals surface area contributed by atoms with Crippen LogP contribution in [0.15, 0.2) is 212 Å². The molecule has 252 valence electrons. The Morgan fingerprint density at radius 3 is 0.926 bits per heavy atom. The van der Waals surface area contributed by atoms with Crippen molar-refractivity contribution in [3.63, 3.8) is 0 Å². The van der Waals surface area contributed by atoms with Gasteiger partial charge in [-0.1, -0.05) is 176 Å². The minimum absolute atomic E-state index is 0.965. The molecule has 0 unspecified atom stereocenters.